The molecule has 8 heteroatoms. The van der Waals surface area contributed by atoms with Crippen LogP contribution in [0.25, 0.3) is 11.4 Å². The molecule has 0 N–H and O–H groups in total. The lowest BCUT2D eigenvalue weighted by molar-refractivity contribution is -0.116. The van der Waals surface area contributed by atoms with Crippen molar-refractivity contribution in [3.8, 4) is 17.5 Å². The standard InChI is InChI=1S/C18H17N5OS2/c1-11-6-4-5-7-13(11)16-21-22-18(23(16)3)26-10-15(24)14(8-19)17-20-12(2)9-25-17/h4-7,9,14H,10H2,1-3H3/t14-/m1/s1. The maximum atomic E-state index is 12.5. The SMILES string of the molecule is Cc1csc([C@H](C#N)C(=O)CSc2nnc(-c3ccccc3C)n2C)n1. The zero-order chi connectivity index (χ0) is 18.7. The molecule has 2 heterocycles. The minimum absolute atomic E-state index is 0.149. The fourth-order valence-electron chi connectivity index (χ4n) is 2.49. The van der Waals surface area contributed by atoms with Gasteiger partial charge in [0.15, 0.2) is 22.7 Å². The van der Waals surface area contributed by atoms with Crippen molar-refractivity contribution in [2.24, 2.45) is 7.05 Å². The molecule has 26 heavy (non-hydrogen) atoms. The lowest BCUT2D eigenvalue weighted by atomic mass is 10.1. The van der Waals surface area contributed by atoms with Gasteiger partial charge in [0.05, 0.1) is 11.8 Å². The van der Waals surface area contributed by atoms with Crippen LogP contribution in [0.15, 0.2) is 34.8 Å². The monoisotopic (exact) mass is 383 g/mol. The summed E-state index contributed by atoms with van der Waals surface area (Å²) < 4.78 is 1.87. The van der Waals surface area contributed by atoms with Crippen LogP contribution in [0.5, 0.6) is 0 Å². The van der Waals surface area contributed by atoms with Crippen molar-refractivity contribution in [2.75, 3.05) is 5.75 Å². The summed E-state index contributed by atoms with van der Waals surface area (Å²) in [4.78, 5) is 16.7. The van der Waals surface area contributed by atoms with E-state index in [0.717, 1.165) is 22.6 Å². The van der Waals surface area contributed by atoms with Gasteiger partial charge in [-0.1, -0.05) is 36.0 Å². The number of aromatic nitrogens is 4. The average Bonchev–Trinajstić information content (AvgIpc) is 3.20. The molecule has 0 saturated heterocycles. The van der Waals surface area contributed by atoms with E-state index in [2.05, 4.69) is 21.3 Å². The minimum atomic E-state index is -0.828. The first-order valence-electron chi connectivity index (χ1n) is 7.93. The number of hydrogen-bond acceptors (Lipinski definition) is 7. The van der Waals surface area contributed by atoms with Crippen LogP contribution in [0.1, 0.15) is 22.2 Å². The predicted molar refractivity (Wildman–Crippen MR) is 102 cm³/mol. The van der Waals surface area contributed by atoms with Crippen LogP contribution in [0.2, 0.25) is 0 Å². The number of nitrogens with zero attached hydrogens (tertiary/aromatic N) is 5. The van der Waals surface area contributed by atoms with Crippen molar-refractivity contribution < 1.29 is 4.79 Å². The van der Waals surface area contributed by atoms with Crippen molar-refractivity contribution in [2.45, 2.75) is 24.9 Å². The Morgan fingerprint density at radius 1 is 1.35 bits per heavy atom. The second kappa shape index (κ2) is 7.81. The molecule has 3 rings (SSSR count). The number of Topliss-reactive ketones (excluding diaryl/α,β-unsaturated/α-hetero) is 1. The number of carbonyl (C=O) groups is 1. The maximum Gasteiger partial charge on any atom is 0.191 e. The molecule has 0 aliphatic carbocycles. The number of rotatable bonds is 6. The first-order valence-corrected chi connectivity index (χ1v) is 9.80. The summed E-state index contributed by atoms with van der Waals surface area (Å²) in [5.74, 6) is -0.0978. The number of carbonyl (C=O) groups excluding carboxylic acids is 1. The average molecular weight is 384 g/mol. The lowest BCUT2D eigenvalue weighted by Gasteiger charge is -2.07. The van der Waals surface area contributed by atoms with Gasteiger partial charge >= 0.3 is 0 Å². The van der Waals surface area contributed by atoms with E-state index >= 15 is 0 Å². The molecule has 0 aliphatic heterocycles. The van der Waals surface area contributed by atoms with E-state index in [1.54, 1.807) is 0 Å². The summed E-state index contributed by atoms with van der Waals surface area (Å²) >= 11 is 2.63. The van der Waals surface area contributed by atoms with Gasteiger partial charge < -0.3 is 4.57 Å². The van der Waals surface area contributed by atoms with E-state index < -0.39 is 5.92 Å². The Bertz CT molecular complexity index is 986. The topological polar surface area (TPSA) is 84.5 Å². The quantitative estimate of drug-likeness (QED) is 0.606. The van der Waals surface area contributed by atoms with Gasteiger partial charge in [-0.2, -0.15) is 5.26 Å². The van der Waals surface area contributed by atoms with Gasteiger partial charge in [-0.25, -0.2) is 4.98 Å². The smallest absolute Gasteiger partial charge is 0.191 e. The summed E-state index contributed by atoms with van der Waals surface area (Å²) in [7, 11) is 1.88. The Balaban J connectivity index is 1.73. The molecule has 1 aromatic carbocycles. The normalized spacial score (nSPS) is 11.9. The molecule has 6 nitrogen and oxygen atoms in total. The molecule has 0 aliphatic rings. The molecule has 0 unspecified atom stereocenters. The highest BCUT2D eigenvalue weighted by atomic mass is 32.2. The van der Waals surface area contributed by atoms with Crippen molar-refractivity contribution >= 4 is 28.9 Å². The van der Waals surface area contributed by atoms with Gasteiger partial charge in [0.25, 0.3) is 0 Å². The molecule has 0 saturated carbocycles. The van der Waals surface area contributed by atoms with Gasteiger partial charge in [-0.3, -0.25) is 4.79 Å². The van der Waals surface area contributed by atoms with Crippen LogP contribution in [-0.2, 0) is 11.8 Å². The van der Waals surface area contributed by atoms with Gasteiger partial charge in [0, 0.05) is 23.7 Å². The second-order valence-corrected chi connectivity index (χ2v) is 7.66. The number of nitriles is 1. The van der Waals surface area contributed by atoms with Crippen molar-refractivity contribution in [1.82, 2.24) is 19.7 Å². The Hall–Kier alpha value is -2.50. The van der Waals surface area contributed by atoms with E-state index in [1.807, 2.05) is 55.1 Å². The number of aryl methyl sites for hydroxylation is 2. The highest BCUT2D eigenvalue weighted by Crippen LogP contribution is 2.27. The van der Waals surface area contributed by atoms with E-state index in [0.29, 0.717) is 10.2 Å². The van der Waals surface area contributed by atoms with Crippen LogP contribution in [0.3, 0.4) is 0 Å². The summed E-state index contributed by atoms with van der Waals surface area (Å²) in [6, 6.07) is 10.0. The number of thiazole rings is 1. The van der Waals surface area contributed by atoms with Gasteiger partial charge in [-0.05, 0) is 19.4 Å². The number of benzene rings is 1. The number of thioether (sulfide) groups is 1. The molecule has 0 fully saturated rings. The molecule has 0 amide bonds. The third kappa shape index (κ3) is 3.69. The predicted octanol–water partition coefficient (Wildman–Crippen LogP) is 3.52. The van der Waals surface area contributed by atoms with E-state index in [-0.39, 0.29) is 11.5 Å². The van der Waals surface area contributed by atoms with E-state index in [1.165, 1.54) is 23.1 Å². The summed E-state index contributed by atoms with van der Waals surface area (Å²) in [6.07, 6.45) is 0. The van der Waals surface area contributed by atoms with Crippen molar-refractivity contribution in [3.05, 3.63) is 45.9 Å². The minimum Gasteiger partial charge on any atom is -0.305 e. The zero-order valence-corrected chi connectivity index (χ0v) is 16.3. The molecule has 0 radical (unpaired) electrons. The Labute approximate surface area is 159 Å². The molecular formula is C18H17N5OS2. The van der Waals surface area contributed by atoms with E-state index in [9.17, 15) is 10.1 Å². The van der Waals surface area contributed by atoms with E-state index in [4.69, 9.17) is 0 Å². The second-order valence-electron chi connectivity index (χ2n) is 5.82. The molecule has 3 aromatic rings. The highest BCUT2D eigenvalue weighted by molar-refractivity contribution is 7.99. The van der Waals surface area contributed by atoms with Crippen molar-refractivity contribution in [3.63, 3.8) is 0 Å². The van der Waals surface area contributed by atoms with Crippen LogP contribution in [-0.4, -0.2) is 31.3 Å². The molecule has 2 aromatic heterocycles. The largest absolute Gasteiger partial charge is 0.305 e. The van der Waals surface area contributed by atoms with Gasteiger partial charge in [0.1, 0.15) is 5.01 Å². The third-order valence-electron chi connectivity index (χ3n) is 3.90. The summed E-state index contributed by atoms with van der Waals surface area (Å²) in [5, 5.41) is 20.8. The Kier molecular flexibility index (Phi) is 5.49. The fourth-order valence-corrected chi connectivity index (χ4v) is 4.17. The van der Waals surface area contributed by atoms with Crippen LogP contribution in [0.4, 0.5) is 0 Å². The van der Waals surface area contributed by atoms with Crippen molar-refractivity contribution in [1.29, 1.82) is 5.26 Å². The van der Waals surface area contributed by atoms with Crippen LogP contribution in [0, 0.1) is 25.2 Å². The number of ketones is 1. The van der Waals surface area contributed by atoms with Gasteiger partial charge in [-0.15, -0.1) is 21.5 Å². The highest BCUT2D eigenvalue weighted by Gasteiger charge is 2.24. The zero-order valence-electron chi connectivity index (χ0n) is 14.6. The number of hydrogen-bond donors (Lipinski definition) is 0. The van der Waals surface area contributed by atoms with Crippen LogP contribution >= 0.6 is 23.1 Å². The Morgan fingerprint density at radius 2 is 2.12 bits per heavy atom. The third-order valence-corrected chi connectivity index (χ3v) is 5.97. The molecule has 0 spiro atoms. The summed E-state index contributed by atoms with van der Waals surface area (Å²) in [6.45, 7) is 3.87. The van der Waals surface area contributed by atoms with Crippen LogP contribution < -0.4 is 0 Å². The molecule has 132 valence electrons. The fraction of sp³-hybridized carbons (Fsp3) is 0.278. The lowest BCUT2D eigenvalue weighted by Crippen LogP contribution is -2.13. The first-order chi connectivity index (χ1) is 12.5. The molecule has 0 bridgehead atoms. The molecular weight excluding hydrogens is 366 g/mol. The first kappa shape index (κ1) is 18.3. The van der Waals surface area contributed by atoms with Gasteiger partial charge in [0.2, 0.25) is 0 Å². The summed E-state index contributed by atoms with van der Waals surface area (Å²) in [5.41, 5.74) is 2.94. The molecule has 1 atom stereocenters. The maximum absolute atomic E-state index is 12.5. The Morgan fingerprint density at radius 3 is 2.77 bits per heavy atom.